The number of thiocarbonyl (C=S) groups is 1. The van der Waals surface area contributed by atoms with E-state index in [0.29, 0.717) is 12.0 Å². The number of hydrogen-bond donors (Lipinski definition) is 0. The molecule has 0 bridgehead atoms. The molecule has 0 atom stereocenters. The summed E-state index contributed by atoms with van der Waals surface area (Å²) in [5.41, 5.74) is 4.28. The van der Waals surface area contributed by atoms with Gasteiger partial charge < -0.3 is 9.80 Å². The van der Waals surface area contributed by atoms with Gasteiger partial charge in [-0.25, -0.2) is 0 Å². The quantitative estimate of drug-likeness (QED) is 0.218. The Balaban J connectivity index is 0.00000408. The molecule has 34 heavy (non-hydrogen) atoms. The Bertz CT molecular complexity index is 818. The molecule has 1 aliphatic carbocycles. The van der Waals surface area contributed by atoms with Gasteiger partial charge in [-0.15, -0.1) is 12.4 Å². The first kappa shape index (κ1) is 29.2. The Morgan fingerprint density at radius 1 is 0.882 bits per heavy atom. The molecule has 1 fully saturated rings. The van der Waals surface area contributed by atoms with Crippen LogP contribution in [0.5, 0.6) is 0 Å². The third-order valence-corrected chi connectivity index (χ3v) is 8.33. The molecule has 0 amide bonds. The second-order valence-electron chi connectivity index (χ2n) is 9.78. The second kappa shape index (κ2) is 15.8. The van der Waals surface area contributed by atoms with Crippen molar-refractivity contribution < 1.29 is 0 Å². The molecule has 0 aromatic heterocycles. The molecule has 0 radical (unpaired) electrons. The minimum absolute atomic E-state index is 0. The molecule has 1 aliphatic rings. The lowest BCUT2D eigenvalue weighted by Gasteiger charge is -2.38. The molecular formula is C29H43ClN2S2. The fraction of sp³-hybridized carbons (Fsp3) is 0.552. The van der Waals surface area contributed by atoms with Crippen LogP contribution < -0.4 is 0 Å². The topological polar surface area (TPSA) is 6.48 Å². The van der Waals surface area contributed by atoms with Crippen LogP contribution in [0.15, 0.2) is 54.6 Å². The van der Waals surface area contributed by atoms with E-state index in [2.05, 4.69) is 85.4 Å². The molecule has 0 saturated heterocycles. The van der Waals surface area contributed by atoms with Crippen LogP contribution in [-0.4, -0.2) is 40.8 Å². The van der Waals surface area contributed by atoms with Crippen LogP contribution in [0.4, 0.5) is 0 Å². The van der Waals surface area contributed by atoms with E-state index in [1.54, 1.807) is 0 Å². The molecular weight excluding hydrogens is 476 g/mol. The van der Waals surface area contributed by atoms with Gasteiger partial charge in [0, 0.05) is 24.9 Å². The van der Waals surface area contributed by atoms with E-state index >= 15 is 0 Å². The average Bonchev–Trinajstić information content (AvgIpc) is 2.84. The lowest BCUT2D eigenvalue weighted by atomic mass is 9.81. The van der Waals surface area contributed by atoms with Gasteiger partial charge in [-0.2, -0.15) is 0 Å². The third kappa shape index (κ3) is 9.53. The highest BCUT2D eigenvalue weighted by Crippen LogP contribution is 2.36. The number of thioether (sulfide) groups is 1. The van der Waals surface area contributed by atoms with Crippen LogP contribution in [0, 0.1) is 0 Å². The Kier molecular flexibility index (Phi) is 13.6. The summed E-state index contributed by atoms with van der Waals surface area (Å²) >= 11 is 7.84. The molecule has 0 aliphatic heterocycles. The summed E-state index contributed by atoms with van der Waals surface area (Å²) in [7, 11) is 4.26. The van der Waals surface area contributed by atoms with Gasteiger partial charge >= 0.3 is 0 Å². The van der Waals surface area contributed by atoms with E-state index in [1.807, 2.05) is 11.8 Å². The number of unbranched alkanes of at least 4 members (excludes halogenated alkanes) is 3. The number of benzene rings is 2. The molecule has 5 heteroatoms. The van der Waals surface area contributed by atoms with Crippen LogP contribution in [0.2, 0.25) is 0 Å². The molecule has 2 aromatic rings. The number of rotatable bonds is 11. The lowest BCUT2D eigenvalue weighted by Crippen LogP contribution is -2.41. The highest BCUT2D eigenvalue weighted by atomic mass is 35.5. The summed E-state index contributed by atoms with van der Waals surface area (Å²) in [5, 5.41) is 0. The summed E-state index contributed by atoms with van der Waals surface area (Å²) in [6.45, 7) is 4.42. The largest absolute Gasteiger partial charge is 0.355 e. The van der Waals surface area contributed by atoms with Crippen molar-refractivity contribution in [2.24, 2.45) is 0 Å². The molecule has 2 nitrogen and oxygen atoms in total. The molecule has 188 valence electrons. The van der Waals surface area contributed by atoms with Crippen molar-refractivity contribution in [1.29, 1.82) is 0 Å². The van der Waals surface area contributed by atoms with Crippen LogP contribution in [0.25, 0.3) is 0 Å². The first-order valence-electron chi connectivity index (χ1n) is 12.8. The number of nitrogens with zero attached hydrogens (tertiary/aromatic N) is 2. The Morgan fingerprint density at radius 2 is 1.56 bits per heavy atom. The van der Waals surface area contributed by atoms with Crippen molar-refractivity contribution in [3.63, 3.8) is 0 Å². The summed E-state index contributed by atoms with van der Waals surface area (Å²) < 4.78 is 1.10. The van der Waals surface area contributed by atoms with Crippen LogP contribution in [0.3, 0.4) is 0 Å². The van der Waals surface area contributed by atoms with Gasteiger partial charge in [0.1, 0.15) is 4.32 Å². The zero-order valence-electron chi connectivity index (χ0n) is 21.2. The lowest BCUT2D eigenvalue weighted by molar-refractivity contribution is 0.233. The van der Waals surface area contributed by atoms with E-state index in [1.165, 1.54) is 68.1 Å². The highest BCUT2D eigenvalue weighted by molar-refractivity contribution is 8.22. The maximum atomic E-state index is 5.99. The van der Waals surface area contributed by atoms with Gasteiger partial charge in [-0.05, 0) is 68.8 Å². The standard InChI is InChI=1S/C29H42N2S2.ClH/c1-4-5-6-10-21-31(29(32)33-23-25-11-8-7-9-12-25)28-19-17-27(18-20-28)26-15-13-24(14-16-26)22-30(2)3;/h7-9,11-16,27-28H,4-6,10,17-23H2,1-3H3;1H/t27-,28-;. The van der Waals surface area contributed by atoms with Gasteiger partial charge in [-0.3, -0.25) is 0 Å². The van der Waals surface area contributed by atoms with Gasteiger partial charge in [0.15, 0.2) is 0 Å². The fourth-order valence-electron chi connectivity index (χ4n) is 4.92. The smallest absolute Gasteiger partial charge is 0.136 e. The van der Waals surface area contributed by atoms with Gasteiger partial charge in [0.2, 0.25) is 0 Å². The Labute approximate surface area is 224 Å². The minimum Gasteiger partial charge on any atom is -0.355 e. The summed E-state index contributed by atoms with van der Waals surface area (Å²) in [5.74, 6) is 1.67. The number of hydrogen-bond acceptors (Lipinski definition) is 3. The predicted molar refractivity (Wildman–Crippen MR) is 157 cm³/mol. The van der Waals surface area contributed by atoms with E-state index in [-0.39, 0.29) is 12.4 Å². The monoisotopic (exact) mass is 518 g/mol. The van der Waals surface area contributed by atoms with E-state index in [9.17, 15) is 0 Å². The first-order valence-corrected chi connectivity index (χ1v) is 14.2. The van der Waals surface area contributed by atoms with Crippen LogP contribution in [0.1, 0.15) is 80.9 Å². The fourth-order valence-corrected chi connectivity index (χ4v) is 6.22. The predicted octanol–water partition coefficient (Wildman–Crippen LogP) is 8.30. The molecule has 0 heterocycles. The summed E-state index contributed by atoms with van der Waals surface area (Å²) in [4.78, 5) is 4.82. The zero-order valence-corrected chi connectivity index (χ0v) is 23.7. The van der Waals surface area contributed by atoms with Crippen molar-refractivity contribution in [1.82, 2.24) is 9.80 Å². The van der Waals surface area contributed by atoms with Gasteiger partial charge in [0.25, 0.3) is 0 Å². The maximum absolute atomic E-state index is 5.99. The van der Waals surface area contributed by atoms with Crippen molar-refractivity contribution in [3.05, 3.63) is 71.3 Å². The van der Waals surface area contributed by atoms with E-state index in [4.69, 9.17) is 12.2 Å². The molecule has 0 N–H and O–H groups in total. The molecule has 0 unspecified atom stereocenters. The average molecular weight is 519 g/mol. The Morgan fingerprint density at radius 3 is 2.18 bits per heavy atom. The highest BCUT2D eigenvalue weighted by Gasteiger charge is 2.28. The molecule has 3 rings (SSSR count). The Hall–Kier alpha value is -1.07. The normalized spacial score (nSPS) is 17.9. The van der Waals surface area contributed by atoms with Gasteiger partial charge in [-0.1, -0.05) is 105 Å². The number of halogens is 1. The van der Waals surface area contributed by atoms with Crippen LogP contribution in [-0.2, 0) is 12.3 Å². The minimum atomic E-state index is 0. The zero-order chi connectivity index (χ0) is 23.5. The second-order valence-corrected chi connectivity index (χ2v) is 11.4. The summed E-state index contributed by atoms with van der Waals surface area (Å²) in [6.07, 6.45) is 10.2. The third-order valence-electron chi connectivity index (χ3n) is 6.78. The van der Waals surface area contributed by atoms with Gasteiger partial charge in [0.05, 0.1) is 0 Å². The van der Waals surface area contributed by atoms with Crippen molar-refractivity contribution in [3.8, 4) is 0 Å². The van der Waals surface area contributed by atoms with Crippen molar-refractivity contribution >= 4 is 40.7 Å². The summed E-state index contributed by atoms with van der Waals surface area (Å²) in [6, 6.07) is 20.7. The van der Waals surface area contributed by atoms with Crippen molar-refractivity contribution in [2.75, 3.05) is 20.6 Å². The van der Waals surface area contributed by atoms with E-state index in [0.717, 1.165) is 23.2 Å². The molecule has 2 aromatic carbocycles. The first-order chi connectivity index (χ1) is 16.1. The maximum Gasteiger partial charge on any atom is 0.136 e. The molecule has 0 spiro atoms. The van der Waals surface area contributed by atoms with E-state index < -0.39 is 0 Å². The van der Waals surface area contributed by atoms with Crippen LogP contribution >= 0.6 is 36.4 Å². The molecule has 1 saturated carbocycles. The SMILES string of the molecule is CCCCCCN(C(=S)SCc1ccccc1)[C@H]1CC[C@H](c2ccc(CN(C)C)cc2)CC1.Cl. The van der Waals surface area contributed by atoms with Crippen molar-refractivity contribution in [2.45, 2.75) is 82.5 Å².